The Morgan fingerprint density at radius 3 is 2.50 bits per heavy atom. The molecule has 2 N–H and O–H groups in total. The smallest absolute Gasteiger partial charge is 0.173 e. The van der Waals surface area contributed by atoms with Crippen molar-refractivity contribution in [3.8, 4) is 0 Å². The third kappa shape index (κ3) is 4.61. The molecule has 3 rings (SSSR count). The first-order valence-electron chi connectivity index (χ1n) is 8.47. The number of hydrogen-bond acceptors (Lipinski definition) is 3. The van der Waals surface area contributed by atoms with Gasteiger partial charge in [-0.05, 0) is 42.8 Å². The summed E-state index contributed by atoms with van der Waals surface area (Å²) in [6.07, 6.45) is 6.99. The van der Waals surface area contributed by atoms with Crippen molar-refractivity contribution in [1.29, 1.82) is 0 Å². The van der Waals surface area contributed by atoms with Gasteiger partial charge in [0.2, 0.25) is 0 Å². The van der Waals surface area contributed by atoms with Crippen LogP contribution < -0.4 is 10.6 Å². The molecule has 0 atom stereocenters. The maximum atomic E-state index is 13.3. The predicted octanol–water partition coefficient (Wildman–Crippen LogP) is 5.11. The molecule has 26 heavy (non-hydrogen) atoms. The zero-order valence-corrected chi connectivity index (χ0v) is 16.4. The van der Waals surface area contributed by atoms with Gasteiger partial charge in [0.25, 0.3) is 0 Å². The highest BCUT2D eigenvalue weighted by atomic mass is 35.5. The lowest BCUT2D eigenvalue weighted by Crippen LogP contribution is -2.43. The van der Waals surface area contributed by atoms with E-state index in [1.807, 2.05) is 12.1 Å². The molecule has 8 heteroatoms. The molecule has 1 aliphatic carbocycles. The Hall–Kier alpha value is -1.50. The molecule has 4 nitrogen and oxygen atoms in total. The molecular formula is C18H19Cl2FN4S. The van der Waals surface area contributed by atoms with Crippen LogP contribution in [0.5, 0.6) is 0 Å². The van der Waals surface area contributed by atoms with E-state index in [2.05, 4.69) is 20.6 Å². The molecule has 0 aliphatic heterocycles. The fourth-order valence-electron chi connectivity index (χ4n) is 3.43. The van der Waals surface area contributed by atoms with Gasteiger partial charge >= 0.3 is 0 Å². The Kier molecular flexibility index (Phi) is 6.27. The van der Waals surface area contributed by atoms with Crippen molar-refractivity contribution in [3.05, 3.63) is 52.1 Å². The molecule has 0 radical (unpaired) electrons. The average molecular weight is 413 g/mol. The molecule has 1 saturated carbocycles. The van der Waals surface area contributed by atoms with Crippen LogP contribution in [0.2, 0.25) is 10.3 Å². The van der Waals surface area contributed by atoms with Crippen LogP contribution in [0.25, 0.3) is 0 Å². The highest BCUT2D eigenvalue weighted by Crippen LogP contribution is 2.39. The average Bonchev–Trinajstić information content (AvgIpc) is 2.64. The molecule has 2 aromatic rings. The van der Waals surface area contributed by atoms with Gasteiger partial charge < -0.3 is 10.6 Å². The summed E-state index contributed by atoms with van der Waals surface area (Å²) in [6.45, 7) is 0.656. The highest BCUT2D eigenvalue weighted by molar-refractivity contribution is 7.80. The third-order valence-electron chi connectivity index (χ3n) is 4.79. The molecule has 0 spiro atoms. The van der Waals surface area contributed by atoms with E-state index in [9.17, 15) is 4.39 Å². The maximum Gasteiger partial charge on any atom is 0.173 e. The van der Waals surface area contributed by atoms with Gasteiger partial charge in [-0.15, -0.1) is 0 Å². The Morgan fingerprint density at radius 1 is 1.15 bits per heavy atom. The summed E-state index contributed by atoms with van der Waals surface area (Å²) in [4.78, 5) is 8.02. The van der Waals surface area contributed by atoms with E-state index < -0.39 is 0 Å². The first-order chi connectivity index (χ1) is 12.5. The summed E-state index contributed by atoms with van der Waals surface area (Å²) in [5.74, 6) is 0.133. The lowest BCUT2D eigenvalue weighted by Gasteiger charge is -2.38. The fraction of sp³-hybridized carbons (Fsp3) is 0.389. The SMILES string of the molecule is Fc1ccc(C2(CNC(=S)Nc3ncc(Cl)nc3Cl)CCCCC2)cc1. The van der Waals surface area contributed by atoms with Crippen LogP contribution in [0, 0.1) is 5.82 Å². The zero-order chi connectivity index (χ0) is 18.6. The number of nitrogens with one attached hydrogen (secondary N) is 2. The first-order valence-corrected chi connectivity index (χ1v) is 9.64. The topological polar surface area (TPSA) is 49.8 Å². The Morgan fingerprint density at radius 2 is 1.85 bits per heavy atom. The van der Waals surface area contributed by atoms with Crippen molar-refractivity contribution in [2.45, 2.75) is 37.5 Å². The number of hydrogen-bond donors (Lipinski definition) is 2. The minimum Gasteiger partial charge on any atom is -0.362 e. The number of thiocarbonyl (C=S) groups is 1. The monoisotopic (exact) mass is 412 g/mol. The summed E-state index contributed by atoms with van der Waals surface area (Å²) in [5.41, 5.74) is 1.07. The minimum atomic E-state index is -0.221. The van der Waals surface area contributed by atoms with E-state index in [1.165, 1.54) is 24.8 Å². The van der Waals surface area contributed by atoms with Gasteiger partial charge in [0.15, 0.2) is 16.1 Å². The highest BCUT2D eigenvalue weighted by Gasteiger charge is 2.34. The molecule has 1 fully saturated rings. The standard InChI is InChI=1S/C18H19Cl2FN4S/c19-14-10-22-16(15(20)24-14)25-17(26)23-11-18(8-2-1-3-9-18)12-4-6-13(21)7-5-12/h4-7,10H,1-3,8-9,11H2,(H2,22,23,25,26). The lowest BCUT2D eigenvalue weighted by molar-refractivity contribution is 0.292. The van der Waals surface area contributed by atoms with Gasteiger partial charge in [0.05, 0.1) is 6.20 Å². The van der Waals surface area contributed by atoms with Gasteiger partial charge in [-0.3, -0.25) is 0 Å². The molecule has 0 amide bonds. The quantitative estimate of drug-likeness (QED) is 0.683. The molecule has 0 saturated heterocycles. The van der Waals surface area contributed by atoms with Crippen molar-refractivity contribution >= 4 is 46.4 Å². The number of halogens is 3. The number of benzene rings is 1. The van der Waals surface area contributed by atoms with Gasteiger partial charge in [-0.1, -0.05) is 54.6 Å². The zero-order valence-electron chi connectivity index (χ0n) is 14.1. The van der Waals surface area contributed by atoms with Gasteiger partial charge in [0, 0.05) is 12.0 Å². The number of aromatic nitrogens is 2. The second kappa shape index (κ2) is 8.46. The van der Waals surface area contributed by atoms with Gasteiger partial charge in [0.1, 0.15) is 11.0 Å². The Labute approximate surface area is 167 Å². The van der Waals surface area contributed by atoms with Crippen molar-refractivity contribution in [2.24, 2.45) is 0 Å². The predicted molar refractivity (Wildman–Crippen MR) is 107 cm³/mol. The third-order valence-corrected chi connectivity index (χ3v) is 5.48. The van der Waals surface area contributed by atoms with Crippen LogP contribution in [0.4, 0.5) is 10.2 Å². The van der Waals surface area contributed by atoms with Gasteiger partial charge in [-0.2, -0.15) is 0 Å². The summed E-state index contributed by atoms with van der Waals surface area (Å²) >= 11 is 17.1. The van der Waals surface area contributed by atoms with E-state index in [0.717, 1.165) is 31.2 Å². The summed E-state index contributed by atoms with van der Waals surface area (Å²) < 4.78 is 13.3. The van der Waals surface area contributed by atoms with E-state index in [0.29, 0.717) is 17.5 Å². The van der Waals surface area contributed by atoms with Crippen LogP contribution in [-0.4, -0.2) is 21.6 Å². The molecule has 1 aliphatic rings. The Bertz CT molecular complexity index is 779. The molecule has 1 heterocycles. The molecule has 138 valence electrons. The van der Waals surface area contributed by atoms with Crippen molar-refractivity contribution in [2.75, 3.05) is 11.9 Å². The summed E-state index contributed by atoms with van der Waals surface area (Å²) in [7, 11) is 0. The van der Waals surface area contributed by atoms with E-state index in [1.54, 1.807) is 0 Å². The number of rotatable bonds is 4. The molecule has 0 unspecified atom stereocenters. The van der Waals surface area contributed by atoms with Crippen LogP contribution in [0.1, 0.15) is 37.7 Å². The van der Waals surface area contributed by atoms with Crippen LogP contribution in [0.15, 0.2) is 30.5 Å². The summed E-state index contributed by atoms with van der Waals surface area (Å²) in [5, 5.41) is 7.01. The Balaban J connectivity index is 1.69. The van der Waals surface area contributed by atoms with E-state index in [4.69, 9.17) is 35.4 Å². The number of anilines is 1. The lowest BCUT2D eigenvalue weighted by atomic mass is 9.69. The first kappa shape index (κ1) is 19.3. The van der Waals surface area contributed by atoms with Crippen LogP contribution in [-0.2, 0) is 5.41 Å². The molecule has 1 aromatic heterocycles. The van der Waals surface area contributed by atoms with E-state index in [-0.39, 0.29) is 21.5 Å². The minimum absolute atomic E-state index is 0.0623. The second-order valence-corrected chi connectivity index (χ2v) is 7.64. The van der Waals surface area contributed by atoms with Crippen LogP contribution in [0.3, 0.4) is 0 Å². The van der Waals surface area contributed by atoms with Crippen LogP contribution >= 0.6 is 35.4 Å². The van der Waals surface area contributed by atoms with Crippen molar-refractivity contribution in [3.63, 3.8) is 0 Å². The van der Waals surface area contributed by atoms with E-state index >= 15 is 0 Å². The summed E-state index contributed by atoms with van der Waals surface area (Å²) in [6, 6.07) is 6.79. The number of nitrogens with zero attached hydrogens (tertiary/aromatic N) is 2. The second-order valence-electron chi connectivity index (χ2n) is 6.49. The molecule has 1 aromatic carbocycles. The van der Waals surface area contributed by atoms with Crippen molar-refractivity contribution < 1.29 is 4.39 Å². The normalized spacial score (nSPS) is 16.1. The molecule has 0 bridgehead atoms. The largest absolute Gasteiger partial charge is 0.362 e. The van der Waals surface area contributed by atoms with Gasteiger partial charge in [-0.25, -0.2) is 14.4 Å². The fourth-order valence-corrected chi connectivity index (χ4v) is 3.96. The molecular weight excluding hydrogens is 394 g/mol. The maximum absolute atomic E-state index is 13.3. The van der Waals surface area contributed by atoms with Crippen molar-refractivity contribution in [1.82, 2.24) is 15.3 Å².